The van der Waals surface area contributed by atoms with Gasteiger partial charge in [-0.1, -0.05) is 24.3 Å². The Balaban J connectivity index is 2.05. The van der Waals surface area contributed by atoms with Gasteiger partial charge in [0.1, 0.15) is 0 Å². The summed E-state index contributed by atoms with van der Waals surface area (Å²) in [7, 11) is 0. The molecule has 15 heteroatoms. The van der Waals surface area contributed by atoms with Crippen LogP contribution in [0.1, 0.15) is 16.7 Å². The summed E-state index contributed by atoms with van der Waals surface area (Å²) in [6, 6.07) is 7.21. The number of nitrogens with one attached hydrogen (secondary N) is 1. The number of anilines is 1. The number of aromatic nitrogens is 2. The van der Waals surface area contributed by atoms with E-state index in [0.29, 0.717) is 16.7 Å². The smallest absolute Gasteiger partial charge is 0.398 e. The van der Waals surface area contributed by atoms with Crippen LogP contribution in [0, 0.1) is 6.92 Å². The monoisotopic (exact) mass is 544 g/mol. The maximum absolute atomic E-state index is 13.9. The standard InChI is InChI=1S/C23H18F6N4O5/c1-11-2-5-14(21(37,23(27,28)29)19(35)33-38-20(36)22(24,25)26)7-15(11)18-9-31-8-17(32-18)12-3-4-13(10-34)16(30)6-12/h2-9,34,37H,10,30H2,1H3,(H,33,35). The lowest BCUT2D eigenvalue weighted by Crippen LogP contribution is -2.55. The third kappa shape index (κ3) is 5.52. The number of carbonyl (C=O) groups excluding carboxylic acids is 2. The number of alkyl halides is 6. The fourth-order valence-corrected chi connectivity index (χ4v) is 3.30. The van der Waals surface area contributed by atoms with E-state index in [9.17, 15) is 46.1 Å². The van der Waals surface area contributed by atoms with E-state index in [0.717, 1.165) is 23.7 Å². The van der Waals surface area contributed by atoms with Crippen molar-refractivity contribution >= 4 is 17.6 Å². The number of nitrogens with zero attached hydrogens (tertiary/aromatic N) is 2. The maximum atomic E-state index is 13.9. The number of hydrogen-bond donors (Lipinski definition) is 4. The van der Waals surface area contributed by atoms with E-state index in [1.54, 1.807) is 12.1 Å². The number of aliphatic hydroxyl groups is 2. The Labute approximate surface area is 209 Å². The number of halogens is 6. The number of aliphatic hydroxyl groups excluding tert-OH is 1. The van der Waals surface area contributed by atoms with Crippen LogP contribution >= 0.6 is 0 Å². The normalized spacial score (nSPS) is 13.5. The molecule has 0 radical (unpaired) electrons. The van der Waals surface area contributed by atoms with Crippen molar-refractivity contribution < 1.29 is 51.0 Å². The molecule has 5 N–H and O–H groups in total. The fraction of sp³-hybridized carbons (Fsp3) is 0.217. The van der Waals surface area contributed by atoms with Crippen LogP contribution in [0.5, 0.6) is 0 Å². The van der Waals surface area contributed by atoms with Crippen molar-refractivity contribution in [1.82, 2.24) is 15.4 Å². The molecule has 0 fully saturated rings. The molecule has 3 rings (SSSR count). The van der Waals surface area contributed by atoms with Crippen molar-refractivity contribution in [2.75, 3.05) is 5.73 Å². The van der Waals surface area contributed by atoms with E-state index in [4.69, 9.17) is 5.73 Å². The Hall–Kier alpha value is -4.24. The molecule has 1 amide bonds. The van der Waals surface area contributed by atoms with Crippen LogP contribution < -0.4 is 11.2 Å². The van der Waals surface area contributed by atoms with E-state index in [-0.39, 0.29) is 29.2 Å². The van der Waals surface area contributed by atoms with Gasteiger partial charge in [-0.3, -0.25) is 9.78 Å². The molecule has 0 aliphatic rings. The van der Waals surface area contributed by atoms with Gasteiger partial charge in [-0.25, -0.2) is 9.78 Å². The Bertz CT molecular complexity index is 1380. The molecule has 1 aromatic heterocycles. The van der Waals surface area contributed by atoms with Crippen molar-refractivity contribution in [2.24, 2.45) is 0 Å². The number of rotatable bonds is 5. The zero-order valence-electron chi connectivity index (χ0n) is 19.2. The highest BCUT2D eigenvalue weighted by molar-refractivity contribution is 5.88. The molecule has 1 unspecified atom stereocenters. The van der Waals surface area contributed by atoms with E-state index >= 15 is 0 Å². The molecule has 38 heavy (non-hydrogen) atoms. The lowest BCUT2D eigenvalue weighted by atomic mass is 9.89. The highest BCUT2D eigenvalue weighted by Gasteiger charge is 2.61. The highest BCUT2D eigenvalue weighted by Crippen LogP contribution is 2.41. The van der Waals surface area contributed by atoms with E-state index < -0.39 is 35.4 Å². The Kier molecular flexibility index (Phi) is 7.65. The second-order valence-corrected chi connectivity index (χ2v) is 7.92. The third-order valence-electron chi connectivity index (χ3n) is 5.38. The van der Waals surface area contributed by atoms with Gasteiger partial charge >= 0.3 is 18.3 Å². The molecule has 0 bridgehead atoms. The number of hydrogen-bond acceptors (Lipinski definition) is 8. The summed E-state index contributed by atoms with van der Waals surface area (Å²) in [6.07, 6.45) is -8.84. The predicted molar refractivity (Wildman–Crippen MR) is 118 cm³/mol. The Morgan fingerprint density at radius 3 is 2.26 bits per heavy atom. The average molecular weight is 544 g/mol. The van der Waals surface area contributed by atoms with Crippen molar-refractivity contribution in [2.45, 2.75) is 31.5 Å². The van der Waals surface area contributed by atoms with Crippen molar-refractivity contribution in [3.63, 3.8) is 0 Å². The van der Waals surface area contributed by atoms with E-state index in [1.807, 2.05) is 0 Å². The molecular weight excluding hydrogens is 526 g/mol. The molecular formula is C23H18F6N4O5. The van der Waals surface area contributed by atoms with Crippen molar-refractivity contribution in [3.05, 3.63) is 65.5 Å². The molecule has 202 valence electrons. The molecule has 0 aliphatic heterocycles. The number of nitrogens with two attached hydrogens (primary N) is 1. The lowest BCUT2D eigenvalue weighted by Gasteiger charge is -2.29. The first-order valence-corrected chi connectivity index (χ1v) is 10.4. The lowest BCUT2D eigenvalue weighted by molar-refractivity contribution is -0.262. The summed E-state index contributed by atoms with van der Waals surface area (Å²) >= 11 is 0. The molecule has 9 nitrogen and oxygen atoms in total. The van der Waals surface area contributed by atoms with E-state index in [2.05, 4.69) is 14.8 Å². The fourth-order valence-electron chi connectivity index (χ4n) is 3.30. The van der Waals surface area contributed by atoms with Gasteiger partial charge in [0.05, 0.1) is 30.4 Å². The van der Waals surface area contributed by atoms with Crippen molar-refractivity contribution in [3.8, 4) is 22.5 Å². The van der Waals surface area contributed by atoms with Crippen LogP contribution in [0.15, 0.2) is 48.8 Å². The summed E-state index contributed by atoms with van der Waals surface area (Å²) in [4.78, 5) is 34.8. The van der Waals surface area contributed by atoms with Gasteiger partial charge < -0.3 is 20.8 Å². The average Bonchev–Trinajstić information content (AvgIpc) is 2.85. The number of nitrogen functional groups attached to an aromatic ring is 1. The first-order valence-electron chi connectivity index (χ1n) is 10.4. The van der Waals surface area contributed by atoms with Crippen molar-refractivity contribution in [1.29, 1.82) is 0 Å². The number of hydroxylamine groups is 1. The minimum absolute atomic E-state index is 0.0140. The van der Waals surface area contributed by atoms with Gasteiger partial charge in [0.25, 0.3) is 11.5 Å². The number of amides is 1. The molecule has 1 atom stereocenters. The molecule has 0 spiro atoms. The minimum atomic E-state index is -5.76. The van der Waals surface area contributed by atoms with Crippen LogP contribution in [0.3, 0.4) is 0 Å². The van der Waals surface area contributed by atoms with Gasteiger partial charge in [-0.15, -0.1) is 0 Å². The largest absolute Gasteiger partial charge is 0.493 e. The second kappa shape index (κ2) is 10.3. The number of aryl methyl sites for hydroxylation is 1. The van der Waals surface area contributed by atoms with Gasteiger partial charge in [0.2, 0.25) is 0 Å². The predicted octanol–water partition coefficient (Wildman–Crippen LogP) is 3.08. The van der Waals surface area contributed by atoms with Crippen LogP contribution in [0.25, 0.3) is 22.5 Å². The number of carbonyl (C=O) groups is 2. The molecule has 2 aromatic carbocycles. The van der Waals surface area contributed by atoms with Crippen LogP contribution in [-0.4, -0.2) is 44.4 Å². The third-order valence-corrected chi connectivity index (χ3v) is 5.38. The zero-order chi connectivity index (χ0) is 28.5. The van der Waals surface area contributed by atoms with Gasteiger partial charge in [-0.05, 0) is 24.6 Å². The summed E-state index contributed by atoms with van der Waals surface area (Å²) in [5.74, 6) is -5.49. The molecule has 0 saturated heterocycles. The summed E-state index contributed by atoms with van der Waals surface area (Å²) in [6.45, 7) is 1.17. The highest BCUT2D eigenvalue weighted by atomic mass is 19.4. The molecule has 0 saturated carbocycles. The molecule has 1 heterocycles. The minimum Gasteiger partial charge on any atom is -0.398 e. The van der Waals surface area contributed by atoms with Gasteiger partial charge in [0, 0.05) is 27.9 Å². The quantitative estimate of drug-likeness (QED) is 0.218. The summed E-state index contributed by atoms with van der Waals surface area (Å²) < 4.78 is 78.6. The Morgan fingerprint density at radius 2 is 1.68 bits per heavy atom. The van der Waals surface area contributed by atoms with Crippen LogP contribution in [-0.2, 0) is 26.6 Å². The molecule has 0 aliphatic carbocycles. The topological polar surface area (TPSA) is 148 Å². The summed E-state index contributed by atoms with van der Waals surface area (Å²) in [5, 5.41) is 19.7. The van der Waals surface area contributed by atoms with Crippen LogP contribution in [0.4, 0.5) is 32.0 Å². The Morgan fingerprint density at radius 1 is 1.03 bits per heavy atom. The zero-order valence-corrected chi connectivity index (χ0v) is 19.2. The SMILES string of the molecule is Cc1ccc(C(O)(C(=O)NOC(=O)C(F)(F)F)C(F)(F)F)cc1-c1cncc(-c2ccc(CO)c(N)c2)n1. The summed E-state index contributed by atoms with van der Waals surface area (Å²) in [5.41, 5.74) is 2.81. The maximum Gasteiger partial charge on any atom is 0.493 e. The van der Waals surface area contributed by atoms with Crippen LogP contribution in [0.2, 0.25) is 0 Å². The number of benzene rings is 2. The van der Waals surface area contributed by atoms with Gasteiger partial charge in [0.15, 0.2) is 0 Å². The van der Waals surface area contributed by atoms with Gasteiger partial charge in [-0.2, -0.15) is 31.8 Å². The first-order chi connectivity index (χ1) is 17.6. The second-order valence-electron chi connectivity index (χ2n) is 7.92. The van der Waals surface area contributed by atoms with E-state index in [1.165, 1.54) is 25.4 Å². The first kappa shape index (κ1) is 28.3. The molecule has 3 aromatic rings.